The Hall–Kier alpha value is -2.03. The third-order valence-electron chi connectivity index (χ3n) is 20.3. The highest BCUT2D eigenvalue weighted by atomic mass is 31.2. The summed E-state index contributed by atoms with van der Waals surface area (Å²) in [5, 5.41) is 0. The lowest BCUT2D eigenvalue weighted by molar-refractivity contribution is -0.870. The van der Waals surface area contributed by atoms with Crippen molar-refractivity contribution in [1.29, 1.82) is 0 Å². The monoisotopic (exact) mass is 1430 g/mol. The average molecular weight is 1430 g/mol. The van der Waals surface area contributed by atoms with Crippen LogP contribution in [-0.4, -0.2) is 74.9 Å². The number of unbranched alkanes of at least 4 members (excludes halogenated alkanes) is 62. The predicted molar refractivity (Wildman–Crippen MR) is 437 cm³/mol. The SMILES string of the molecule is CCCCCCC/C=C\C/C=C\C/C=C\CCCCCCCCCCCCCCCCCCCCCCCCC(=O)OC(COC(=O)CCCCCCCCCCCCCCCCCCCCCCCCCCCCC/C=C\CCCCCCCCCC)COP(=O)(O)OCC[N+](C)(C)C. The minimum absolute atomic E-state index is 0.0351. The molecule has 10 heteroatoms. The molecular weight excluding hydrogens is 1250 g/mol. The summed E-state index contributed by atoms with van der Waals surface area (Å²) >= 11 is 0. The number of allylic oxidation sites excluding steroid dienone is 8. The molecule has 0 bridgehead atoms. The topological polar surface area (TPSA) is 108 Å². The highest BCUT2D eigenvalue weighted by molar-refractivity contribution is 7.47. The zero-order valence-electron chi connectivity index (χ0n) is 67.7. The molecule has 0 aliphatic heterocycles. The van der Waals surface area contributed by atoms with Crippen LogP contribution in [0.4, 0.5) is 0 Å². The Morgan fingerprint density at radius 1 is 0.310 bits per heavy atom. The minimum Gasteiger partial charge on any atom is -0.462 e. The van der Waals surface area contributed by atoms with Gasteiger partial charge in [-0.2, -0.15) is 0 Å². The van der Waals surface area contributed by atoms with E-state index in [1.165, 1.54) is 385 Å². The maximum atomic E-state index is 12.9. The molecule has 0 aromatic heterocycles. The first-order valence-electron chi connectivity index (χ1n) is 44.4. The smallest absolute Gasteiger partial charge is 0.462 e. The van der Waals surface area contributed by atoms with Crippen LogP contribution in [-0.2, 0) is 32.7 Å². The molecule has 100 heavy (non-hydrogen) atoms. The van der Waals surface area contributed by atoms with Gasteiger partial charge in [0.05, 0.1) is 27.7 Å². The van der Waals surface area contributed by atoms with Crippen LogP contribution in [0.3, 0.4) is 0 Å². The van der Waals surface area contributed by atoms with Gasteiger partial charge in [0.15, 0.2) is 6.10 Å². The number of hydrogen-bond donors (Lipinski definition) is 1. The van der Waals surface area contributed by atoms with E-state index in [4.69, 9.17) is 18.5 Å². The molecule has 1 N–H and O–H groups in total. The van der Waals surface area contributed by atoms with Gasteiger partial charge in [0.1, 0.15) is 19.8 Å². The maximum absolute atomic E-state index is 12.9. The van der Waals surface area contributed by atoms with Gasteiger partial charge >= 0.3 is 19.8 Å². The molecule has 0 fully saturated rings. The molecule has 0 radical (unpaired) electrons. The Labute approximate surface area is 624 Å². The van der Waals surface area contributed by atoms with Gasteiger partial charge in [0.2, 0.25) is 0 Å². The summed E-state index contributed by atoms with van der Waals surface area (Å²) in [4.78, 5) is 36.1. The Morgan fingerprint density at radius 2 is 0.540 bits per heavy atom. The van der Waals surface area contributed by atoms with Crippen molar-refractivity contribution in [3.8, 4) is 0 Å². The first-order valence-corrected chi connectivity index (χ1v) is 45.9. The van der Waals surface area contributed by atoms with Crippen molar-refractivity contribution in [2.75, 3.05) is 47.5 Å². The van der Waals surface area contributed by atoms with E-state index in [9.17, 15) is 19.0 Å². The number of nitrogens with zero attached hydrogens (tertiary/aromatic N) is 1. The number of rotatable bonds is 84. The van der Waals surface area contributed by atoms with E-state index in [0.29, 0.717) is 23.9 Å². The van der Waals surface area contributed by atoms with Crippen LogP contribution in [0, 0.1) is 0 Å². The summed E-state index contributed by atoms with van der Waals surface area (Å²) in [6.45, 7) is 4.51. The van der Waals surface area contributed by atoms with Gasteiger partial charge in [-0.25, -0.2) is 4.57 Å². The number of ether oxygens (including phenoxy) is 2. The zero-order chi connectivity index (χ0) is 72.5. The normalized spacial score (nSPS) is 13.1. The molecule has 0 heterocycles. The number of quaternary nitrogens is 1. The fourth-order valence-corrected chi connectivity index (χ4v) is 14.3. The van der Waals surface area contributed by atoms with Crippen molar-refractivity contribution in [2.24, 2.45) is 0 Å². The molecule has 0 aromatic carbocycles. The second-order valence-corrected chi connectivity index (χ2v) is 33.1. The number of phosphoric ester groups is 1. The van der Waals surface area contributed by atoms with Crippen molar-refractivity contribution in [1.82, 2.24) is 0 Å². The van der Waals surface area contributed by atoms with Crippen LogP contribution in [0.15, 0.2) is 48.6 Å². The minimum atomic E-state index is -4.40. The molecule has 0 aromatic rings. The molecule has 0 aliphatic rings. The van der Waals surface area contributed by atoms with Gasteiger partial charge in [0, 0.05) is 12.8 Å². The highest BCUT2D eigenvalue weighted by Crippen LogP contribution is 2.43. The van der Waals surface area contributed by atoms with Crippen molar-refractivity contribution in [3.05, 3.63) is 48.6 Å². The van der Waals surface area contributed by atoms with E-state index in [1.807, 2.05) is 21.1 Å². The van der Waals surface area contributed by atoms with Gasteiger partial charge in [-0.1, -0.05) is 422 Å². The Kier molecular flexibility index (Phi) is 79.4. The number of carbonyl (C=O) groups excluding carboxylic acids is 2. The van der Waals surface area contributed by atoms with Gasteiger partial charge < -0.3 is 18.9 Å². The summed E-state index contributed by atoms with van der Waals surface area (Å²) in [5.41, 5.74) is 0. The molecule has 590 valence electrons. The third-order valence-corrected chi connectivity index (χ3v) is 21.3. The van der Waals surface area contributed by atoms with Crippen LogP contribution < -0.4 is 0 Å². The second-order valence-electron chi connectivity index (χ2n) is 31.6. The highest BCUT2D eigenvalue weighted by Gasteiger charge is 2.27. The van der Waals surface area contributed by atoms with E-state index >= 15 is 0 Å². The number of phosphoric acid groups is 1. The molecule has 0 saturated carbocycles. The van der Waals surface area contributed by atoms with Crippen LogP contribution in [0.5, 0.6) is 0 Å². The van der Waals surface area contributed by atoms with E-state index in [0.717, 1.165) is 44.9 Å². The lowest BCUT2D eigenvalue weighted by Gasteiger charge is -2.24. The van der Waals surface area contributed by atoms with Crippen LogP contribution in [0.25, 0.3) is 0 Å². The third kappa shape index (κ3) is 84.9. The lowest BCUT2D eigenvalue weighted by atomic mass is 10.0. The summed E-state index contributed by atoms with van der Waals surface area (Å²) in [6.07, 6.45) is 109. The first kappa shape index (κ1) is 98.0. The molecule has 0 amide bonds. The summed E-state index contributed by atoms with van der Waals surface area (Å²) in [6, 6.07) is 0. The van der Waals surface area contributed by atoms with E-state index in [1.54, 1.807) is 0 Å². The van der Waals surface area contributed by atoms with Crippen LogP contribution in [0.2, 0.25) is 0 Å². The average Bonchev–Trinajstić information content (AvgIpc) is 1.02. The van der Waals surface area contributed by atoms with Crippen LogP contribution >= 0.6 is 7.82 Å². The Morgan fingerprint density at radius 3 is 0.810 bits per heavy atom. The summed E-state index contributed by atoms with van der Waals surface area (Å²) in [5.74, 6) is -0.769. The van der Waals surface area contributed by atoms with Crippen molar-refractivity contribution >= 4 is 19.8 Å². The molecule has 0 rings (SSSR count). The Balaban J connectivity index is 3.85. The van der Waals surface area contributed by atoms with Crippen molar-refractivity contribution < 1.29 is 42.1 Å². The molecule has 0 saturated heterocycles. The second kappa shape index (κ2) is 81.1. The van der Waals surface area contributed by atoms with Crippen molar-refractivity contribution in [3.63, 3.8) is 0 Å². The Bertz CT molecular complexity index is 1830. The van der Waals surface area contributed by atoms with Crippen LogP contribution in [0.1, 0.15) is 463 Å². The van der Waals surface area contributed by atoms with E-state index in [2.05, 4.69) is 62.5 Å². The van der Waals surface area contributed by atoms with E-state index in [-0.39, 0.29) is 25.6 Å². The summed E-state index contributed by atoms with van der Waals surface area (Å²) in [7, 11) is 1.50. The number of likely N-dealkylation sites (N-methyl/N-ethyl adjacent to an activating group) is 1. The van der Waals surface area contributed by atoms with Crippen molar-refractivity contribution in [2.45, 2.75) is 469 Å². The molecule has 9 nitrogen and oxygen atoms in total. The molecule has 2 unspecified atom stereocenters. The first-order chi connectivity index (χ1) is 49.0. The van der Waals surface area contributed by atoms with Gasteiger partial charge in [-0.05, 0) is 77.0 Å². The molecule has 0 spiro atoms. The summed E-state index contributed by atoms with van der Waals surface area (Å²) < 4.78 is 34.9. The quantitative estimate of drug-likeness (QED) is 0.0211. The number of hydrogen-bond acceptors (Lipinski definition) is 7. The number of esters is 2. The lowest BCUT2D eigenvalue weighted by Crippen LogP contribution is -2.37. The zero-order valence-corrected chi connectivity index (χ0v) is 68.6. The maximum Gasteiger partial charge on any atom is 0.472 e. The fourth-order valence-electron chi connectivity index (χ4n) is 13.6. The van der Waals surface area contributed by atoms with Gasteiger partial charge in [0.25, 0.3) is 0 Å². The molecule has 2 atom stereocenters. The van der Waals surface area contributed by atoms with E-state index < -0.39 is 26.5 Å². The van der Waals surface area contributed by atoms with Gasteiger partial charge in [-0.15, -0.1) is 0 Å². The fraction of sp³-hybridized carbons (Fsp3) is 0.889. The van der Waals surface area contributed by atoms with Gasteiger partial charge in [-0.3, -0.25) is 18.6 Å². The molecule has 0 aliphatic carbocycles. The predicted octanol–water partition coefficient (Wildman–Crippen LogP) is 29.9. The number of carbonyl (C=O) groups is 2. The standard InChI is InChI=1S/C90H172NO8P/c1-6-8-10-12-14-16-18-20-22-24-26-28-30-32-34-36-38-40-42-44-45-47-48-50-52-54-56-58-60-62-64-66-68-70-72-74-76-78-80-82-89(92)96-86-88(87-98-100(94,95)97-85-84-91(3,4)5)99-90(93)83-81-79-77-75-73-71-69-67-65-63-61-59-57-55-53-51-49-46-43-41-39-37-35-33-31-29-27-25-23-21-19-17-15-13-11-9-7-2/h19,21,24-27,31,33,88H,6-18,20,22-23,28-30,32,34-87H2,1-5H3/p+1/b21-19-,26-24-,27-25-,33-31-. The largest absolute Gasteiger partial charge is 0.472 e. The molecular formula is C90H173NO8P+.